The molecule has 3 rings (SSSR count). The number of anilines is 2. The normalized spacial score (nSPS) is 17.3. The number of carboxylic acids is 1. The average molecular weight is 391 g/mol. The van der Waals surface area contributed by atoms with Gasteiger partial charge >= 0.3 is 5.97 Å². The van der Waals surface area contributed by atoms with E-state index < -0.39 is 5.97 Å². The average Bonchev–Trinajstić information content (AvgIpc) is 3.08. The second kappa shape index (κ2) is 8.62. The summed E-state index contributed by atoms with van der Waals surface area (Å²) in [7, 11) is 4.01. The van der Waals surface area contributed by atoms with Crippen LogP contribution >= 0.6 is 11.3 Å². The standard InChI is InChI=1S/C18H26N6O2S/c1-12-5-4-7-24(11-12)18-22-15(16(27-18)17(25)26)13-9-21-14(10-20-13)19-6-8-23(2)3/h9-10,12H,4-8,11H2,1-3H3,(H,19,21)(H,25,26)/t12-/m1/s1. The van der Waals surface area contributed by atoms with Crippen molar-refractivity contribution >= 4 is 28.3 Å². The first-order chi connectivity index (χ1) is 12.9. The molecular formula is C18H26N6O2S. The van der Waals surface area contributed by atoms with Crippen molar-refractivity contribution < 1.29 is 9.90 Å². The number of likely N-dealkylation sites (N-methyl/N-ethyl adjacent to an activating group) is 1. The molecule has 3 heterocycles. The Kier molecular flexibility index (Phi) is 6.22. The molecule has 1 aliphatic heterocycles. The minimum absolute atomic E-state index is 0.214. The van der Waals surface area contributed by atoms with E-state index in [-0.39, 0.29) is 4.88 Å². The highest BCUT2D eigenvalue weighted by Crippen LogP contribution is 2.34. The maximum absolute atomic E-state index is 11.7. The van der Waals surface area contributed by atoms with Crippen molar-refractivity contribution in [2.75, 3.05) is 50.5 Å². The minimum Gasteiger partial charge on any atom is -0.477 e. The number of thiazole rings is 1. The number of piperidine rings is 1. The molecule has 9 heteroatoms. The van der Waals surface area contributed by atoms with Gasteiger partial charge in [-0.2, -0.15) is 0 Å². The highest BCUT2D eigenvalue weighted by Gasteiger charge is 2.25. The molecule has 0 aromatic carbocycles. The molecule has 27 heavy (non-hydrogen) atoms. The molecule has 0 unspecified atom stereocenters. The van der Waals surface area contributed by atoms with Crippen LogP contribution in [0.25, 0.3) is 11.4 Å². The third-order valence-corrected chi connectivity index (χ3v) is 5.60. The van der Waals surface area contributed by atoms with Crippen molar-refractivity contribution in [3.63, 3.8) is 0 Å². The highest BCUT2D eigenvalue weighted by molar-refractivity contribution is 7.17. The summed E-state index contributed by atoms with van der Waals surface area (Å²) in [4.78, 5) is 29.5. The first-order valence-electron chi connectivity index (χ1n) is 9.14. The Morgan fingerprint density at radius 1 is 1.41 bits per heavy atom. The summed E-state index contributed by atoms with van der Waals surface area (Å²) < 4.78 is 0. The molecule has 2 N–H and O–H groups in total. The minimum atomic E-state index is -0.978. The van der Waals surface area contributed by atoms with Crippen LogP contribution in [0.4, 0.5) is 10.9 Å². The predicted octanol–water partition coefficient (Wildman–Crippen LogP) is 2.51. The molecule has 0 saturated carbocycles. The molecule has 0 aliphatic carbocycles. The van der Waals surface area contributed by atoms with Gasteiger partial charge in [0.2, 0.25) is 0 Å². The van der Waals surface area contributed by atoms with E-state index in [1.807, 2.05) is 14.1 Å². The fraction of sp³-hybridized carbons (Fsp3) is 0.556. The quantitative estimate of drug-likeness (QED) is 0.745. The monoisotopic (exact) mass is 390 g/mol. The van der Waals surface area contributed by atoms with Gasteiger partial charge in [-0.25, -0.2) is 19.7 Å². The van der Waals surface area contributed by atoms with Gasteiger partial charge < -0.3 is 20.2 Å². The van der Waals surface area contributed by atoms with Gasteiger partial charge in [-0.05, 0) is 32.9 Å². The fourth-order valence-electron chi connectivity index (χ4n) is 3.07. The Hall–Kier alpha value is -2.26. The molecule has 0 spiro atoms. The zero-order valence-corrected chi connectivity index (χ0v) is 16.8. The molecule has 1 saturated heterocycles. The lowest BCUT2D eigenvalue weighted by molar-refractivity contribution is 0.0702. The molecule has 0 bridgehead atoms. The van der Waals surface area contributed by atoms with Crippen LogP contribution in [0.1, 0.15) is 29.4 Å². The number of nitrogens with zero attached hydrogens (tertiary/aromatic N) is 5. The number of aromatic carboxylic acids is 1. The summed E-state index contributed by atoms with van der Waals surface area (Å²) in [5.41, 5.74) is 0.881. The van der Waals surface area contributed by atoms with Crippen molar-refractivity contribution in [1.29, 1.82) is 0 Å². The molecule has 1 fully saturated rings. The van der Waals surface area contributed by atoms with Crippen LogP contribution in [0.2, 0.25) is 0 Å². The lowest BCUT2D eigenvalue weighted by Gasteiger charge is -2.30. The maximum atomic E-state index is 11.7. The molecule has 146 valence electrons. The van der Waals surface area contributed by atoms with Crippen LogP contribution in [0.3, 0.4) is 0 Å². The van der Waals surface area contributed by atoms with Gasteiger partial charge in [0.05, 0.1) is 12.4 Å². The Morgan fingerprint density at radius 3 is 2.85 bits per heavy atom. The Bertz CT molecular complexity index is 777. The molecule has 1 atom stereocenters. The van der Waals surface area contributed by atoms with E-state index in [1.54, 1.807) is 12.4 Å². The number of rotatable bonds is 7. The van der Waals surface area contributed by atoms with E-state index in [9.17, 15) is 9.90 Å². The summed E-state index contributed by atoms with van der Waals surface area (Å²) >= 11 is 1.22. The van der Waals surface area contributed by atoms with E-state index in [4.69, 9.17) is 0 Å². The largest absolute Gasteiger partial charge is 0.477 e. The van der Waals surface area contributed by atoms with Gasteiger partial charge in [0.25, 0.3) is 0 Å². The summed E-state index contributed by atoms with van der Waals surface area (Å²) in [6, 6.07) is 0. The third kappa shape index (κ3) is 4.92. The Morgan fingerprint density at radius 2 is 2.22 bits per heavy atom. The zero-order chi connectivity index (χ0) is 19.4. The summed E-state index contributed by atoms with van der Waals surface area (Å²) in [6.07, 6.45) is 5.51. The molecule has 0 amide bonds. The third-order valence-electron chi connectivity index (χ3n) is 4.50. The lowest BCUT2D eigenvalue weighted by Crippen LogP contribution is -2.34. The van der Waals surface area contributed by atoms with Crippen molar-refractivity contribution in [2.24, 2.45) is 5.92 Å². The number of hydrogen-bond acceptors (Lipinski definition) is 8. The topological polar surface area (TPSA) is 94.5 Å². The van der Waals surface area contributed by atoms with Gasteiger partial charge in [-0.3, -0.25) is 0 Å². The van der Waals surface area contributed by atoms with Crippen LogP contribution in [0.5, 0.6) is 0 Å². The molecule has 8 nitrogen and oxygen atoms in total. The second-order valence-electron chi connectivity index (χ2n) is 7.19. The van der Waals surface area contributed by atoms with Crippen LogP contribution < -0.4 is 10.2 Å². The van der Waals surface area contributed by atoms with E-state index in [0.717, 1.165) is 37.7 Å². The SMILES string of the molecule is C[C@@H]1CCCN(c2nc(-c3cnc(NCCN(C)C)cn3)c(C(=O)O)s2)C1. The van der Waals surface area contributed by atoms with E-state index >= 15 is 0 Å². The number of carbonyl (C=O) groups is 1. The molecule has 2 aromatic rings. The molecule has 0 radical (unpaired) electrons. The maximum Gasteiger partial charge on any atom is 0.348 e. The van der Waals surface area contributed by atoms with Gasteiger partial charge in [-0.15, -0.1) is 0 Å². The van der Waals surface area contributed by atoms with E-state index in [2.05, 4.69) is 37.0 Å². The predicted molar refractivity (Wildman–Crippen MR) is 108 cm³/mol. The Labute approximate surface area is 163 Å². The number of carboxylic acid groups (broad SMARTS) is 1. The van der Waals surface area contributed by atoms with Crippen molar-refractivity contribution in [3.8, 4) is 11.4 Å². The van der Waals surface area contributed by atoms with Crippen molar-refractivity contribution in [3.05, 3.63) is 17.3 Å². The smallest absolute Gasteiger partial charge is 0.348 e. The fourth-order valence-corrected chi connectivity index (χ4v) is 4.02. The lowest BCUT2D eigenvalue weighted by atomic mass is 10.0. The first kappa shape index (κ1) is 19.5. The molecule has 1 aliphatic rings. The van der Waals surface area contributed by atoms with Crippen LogP contribution in [0, 0.1) is 5.92 Å². The Balaban J connectivity index is 1.79. The van der Waals surface area contributed by atoms with Crippen LogP contribution in [-0.2, 0) is 0 Å². The van der Waals surface area contributed by atoms with Crippen LogP contribution in [-0.4, -0.2) is 71.2 Å². The zero-order valence-electron chi connectivity index (χ0n) is 16.0. The first-order valence-corrected chi connectivity index (χ1v) is 9.95. The number of nitrogens with one attached hydrogen (secondary N) is 1. The summed E-state index contributed by atoms with van der Waals surface area (Å²) in [6.45, 7) is 5.68. The summed E-state index contributed by atoms with van der Waals surface area (Å²) in [5, 5.41) is 13.5. The second-order valence-corrected chi connectivity index (χ2v) is 8.17. The summed E-state index contributed by atoms with van der Waals surface area (Å²) in [5.74, 6) is 0.276. The number of hydrogen-bond donors (Lipinski definition) is 2. The molecular weight excluding hydrogens is 364 g/mol. The van der Waals surface area contributed by atoms with E-state index in [0.29, 0.717) is 23.1 Å². The van der Waals surface area contributed by atoms with Gasteiger partial charge in [0, 0.05) is 26.2 Å². The van der Waals surface area contributed by atoms with Gasteiger partial charge in [0.1, 0.15) is 22.1 Å². The van der Waals surface area contributed by atoms with Crippen molar-refractivity contribution in [2.45, 2.75) is 19.8 Å². The highest BCUT2D eigenvalue weighted by atomic mass is 32.1. The van der Waals surface area contributed by atoms with Gasteiger partial charge in [-0.1, -0.05) is 18.3 Å². The van der Waals surface area contributed by atoms with Gasteiger partial charge in [0.15, 0.2) is 5.13 Å². The van der Waals surface area contributed by atoms with Crippen LogP contribution in [0.15, 0.2) is 12.4 Å². The van der Waals surface area contributed by atoms with Crippen molar-refractivity contribution in [1.82, 2.24) is 19.9 Å². The number of aromatic nitrogens is 3. The van der Waals surface area contributed by atoms with E-state index in [1.165, 1.54) is 17.8 Å². The molecule has 2 aromatic heterocycles.